The summed E-state index contributed by atoms with van der Waals surface area (Å²) in [7, 11) is 1.68. The molecule has 0 bridgehead atoms. The fourth-order valence-corrected chi connectivity index (χ4v) is 2.79. The van der Waals surface area contributed by atoms with E-state index in [2.05, 4.69) is 53.7 Å². The fraction of sp³-hybridized carbons (Fsp3) is 0.765. The van der Waals surface area contributed by atoms with E-state index in [1.54, 1.807) is 18.4 Å². The van der Waals surface area contributed by atoms with Gasteiger partial charge in [-0.25, -0.2) is 9.98 Å². The van der Waals surface area contributed by atoms with Gasteiger partial charge in [-0.15, -0.1) is 35.3 Å². The largest absolute Gasteiger partial charge is 0.382 e. The number of nitrogens with one attached hydrogen (secondary N) is 2. The molecular formula is C17H33IN4O2S. The predicted octanol–water partition coefficient (Wildman–Crippen LogP) is 3.17. The molecule has 0 aliphatic heterocycles. The summed E-state index contributed by atoms with van der Waals surface area (Å²) in [6, 6.07) is 0. The van der Waals surface area contributed by atoms with E-state index in [1.165, 1.54) is 0 Å². The molecule has 1 aromatic heterocycles. The van der Waals surface area contributed by atoms with Gasteiger partial charge >= 0.3 is 0 Å². The number of methoxy groups -OCH3 is 1. The Hall–Kier alpha value is -0.450. The number of nitrogens with zero attached hydrogens (tertiary/aromatic N) is 2. The minimum Gasteiger partial charge on any atom is -0.382 e. The maximum atomic E-state index is 5.45. The smallest absolute Gasteiger partial charge is 0.191 e. The molecular weight excluding hydrogens is 451 g/mol. The average Bonchev–Trinajstić information content (AvgIpc) is 3.01. The Bertz CT molecular complexity index is 489. The third-order valence-corrected chi connectivity index (χ3v) is 4.06. The molecule has 0 saturated carbocycles. The van der Waals surface area contributed by atoms with Crippen LogP contribution < -0.4 is 10.6 Å². The van der Waals surface area contributed by atoms with Crippen molar-refractivity contribution in [3.63, 3.8) is 0 Å². The lowest BCUT2D eigenvalue weighted by Gasteiger charge is -2.14. The van der Waals surface area contributed by atoms with Crippen molar-refractivity contribution in [3.8, 4) is 0 Å². The highest BCUT2D eigenvalue weighted by Gasteiger charge is 2.17. The van der Waals surface area contributed by atoms with Crippen molar-refractivity contribution in [2.45, 2.75) is 46.1 Å². The first-order chi connectivity index (χ1) is 11.5. The van der Waals surface area contributed by atoms with Crippen LogP contribution in [0.15, 0.2) is 10.4 Å². The second-order valence-electron chi connectivity index (χ2n) is 6.46. The van der Waals surface area contributed by atoms with Gasteiger partial charge in [0.05, 0.1) is 25.5 Å². The number of hydrogen-bond acceptors (Lipinski definition) is 5. The highest BCUT2D eigenvalue weighted by molar-refractivity contribution is 14.0. The van der Waals surface area contributed by atoms with Crippen LogP contribution in [0.3, 0.4) is 0 Å². The van der Waals surface area contributed by atoms with Crippen molar-refractivity contribution in [3.05, 3.63) is 16.1 Å². The quantitative estimate of drug-likeness (QED) is 0.231. The van der Waals surface area contributed by atoms with Gasteiger partial charge < -0.3 is 20.1 Å². The van der Waals surface area contributed by atoms with Gasteiger partial charge in [-0.05, 0) is 13.3 Å². The van der Waals surface area contributed by atoms with Crippen LogP contribution in [-0.2, 0) is 21.4 Å². The Kier molecular flexibility index (Phi) is 13.5. The van der Waals surface area contributed by atoms with Crippen molar-refractivity contribution in [2.75, 3.05) is 40.0 Å². The number of rotatable bonds is 10. The first-order valence-electron chi connectivity index (χ1n) is 8.51. The van der Waals surface area contributed by atoms with Crippen molar-refractivity contribution in [1.82, 2.24) is 15.6 Å². The highest BCUT2D eigenvalue weighted by Crippen LogP contribution is 2.24. The van der Waals surface area contributed by atoms with Gasteiger partial charge in [-0.3, -0.25) is 0 Å². The zero-order valence-electron chi connectivity index (χ0n) is 16.1. The van der Waals surface area contributed by atoms with E-state index < -0.39 is 0 Å². The van der Waals surface area contributed by atoms with Crippen molar-refractivity contribution < 1.29 is 9.47 Å². The molecule has 1 aromatic rings. The Morgan fingerprint density at radius 3 is 2.60 bits per heavy atom. The summed E-state index contributed by atoms with van der Waals surface area (Å²) in [6.07, 6.45) is 0.930. The van der Waals surface area contributed by atoms with Crippen LogP contribution in [0.1, 0.15) is 44.8 Å². The Morgan fingerprint density at radius 2 is 2.00 bits per heavy atom. The number of hydrogen-bond donors (Lipinski definition) is 2. The van der Waals surface area contributed by atoms with E-state index >= 15 is 0 Å². The van der Waals surface area contributed by atoms with E-state index in [4.69, 9.17) is 9.47 Å². The zero-order valence-corrected chi connectivity index (χ0v) is 19.2. The molecule has 0 aliphatic carbocycles. The summed E-state index contributed by atoms with van der Waals surface area (Å²) in [6.45, 7) is 12.8. The van der Waals surface area contributed by atoms with Crippen LogP contribution in [0, 0.1) is 0 Å². The van der Waals surface area contributed by atoms with E-state index in [0.717, 1.165) is 42.8 Å². The molecule has 1 heterocycles. The summed E-state index contributed by atoms with van der Waals surface area (Å²) >= 11 is 1.67. The number of ether oxygens (including phenoxy) is 2. The molecule has 0 amide bonds. The standard InChI is InChI=1S/C17H32N4O2S.HI/c1-6-18-16(19-8-7-9-23-11-10-22-5)20-12-15-21-14(13-24-15)17(2,3)4;/h13H,6-12H2,1-5H3,(H2,18,19,20);1H. The molecule has 146 valence electrons. The van der Waals surface area contributed by atoms with Gasteiger partial charge in [0.2, 0.25) is 0 Å². The lowest BCUT2D eigenvalue weighted by molar-refractivity contribution is 0.0698. The predicted molar refractivity (Wildman–Crippen MR) is 116 cm³/mol. The molecule has 0 unspecified atom stereocenters. The molecule has 0 atom stereocenters. The summed E-state index contributed by atoms with van der Waals surface area (Å²) in [4.78, 5) is 9.28. The van der Waals surface area contributed by atoms with Crippen molar-refractivity contribution in [2.24, 2.45) is 4.99 Å². The lowest BCUT2D eigenvalue weighted by Crippen LogP contribution is -2.38. The lowest BCUT2D eigenvalue weighted by atomic mass is 9.93. The summed E-state index contributed by atoms with van der Waals surface area (Å²) in [5.41, 5.74) is 1.22. The third-order valence-electron chi connectivity index (χ3n) is 3.23. The zero-order chi connectivity index (χ0) is 17.8. The van der Waals surface area contributed by atoms with Crippen LogP contribution in [-0.4, -0.2) is 51.0 Å². The van der Waals surface area contributed by atoms with Gasteiger partial charge in [0.25, 0.3) is 0 Å². The molecule has 8 heteroatoms. The van der Waals surface area contributed by atoms with Crippen LogP contribution in [0.25, 0.3) is 0 Å². The Morgan fingerprint density at radius 1 is 1.24 bits per heavy atom. The van der Waals surface area contributed by atoms with Crippen molar-refractivity contribution in [1.29, 1.82) is 0 Å². The van der Waals surface area contributed by atoms with E-state index in [-0.39, 0.29) is 29.4 Å². The van der Waals surface area contributed by atoms with E-state index in [0.29, 0.717) is 19.8 Å². The molecule has 1 rings (SSSR count). The Labute approximate surface area is 173 Å². The normalized spacial score (nSPS) is 12.0. The molecule has 0 aliphatic rings. The number of aliphatic imine (C=N–C) groups is 1. The Balaban J connectivity index is 0.00000576. The van der Waals surface area contributed by atoms with Gasteiger partial charge in [-0.2, -0.15) is 0 Å². The van der Waals surface area contributed by atoms with E-state index in [9.17, 15) is 0 Å². The first kappa shape index (κ1) is 24.6. The molecule has 2 N–H and O–H groups in total. The van der Waals surface area contributed by atoms with Crippen LogP contribution >= 0.6 is 35.3 Å². The molecule has 0 fully saturated rings. The first-order valence-corrected chi connectivity index (χ1v) is 9.39. The molecule has 0 aromatic carbocycles. The monoisotopic (exact) mass is 484 g/mol. The summed E-state index contributed by atoms with van der Waals surface area (Å²) in [5.74, 6) is 0.821. The molecule has 25 heavy (non-hydrogen) atoms. The van der Waals surface area contributed by atoms with Crippen LogP contribution in [0.2, 0.25) is 0 Å². The van der Waals surface area contributed by atoms with E-state index in [1.807, 2.05) is 0 Å². The second kappa shape index (κ2) is 13.7. The minimum atomic E-state index is 0. The number of thiazole rings is 1. The van der Waals surface area contributed by atoms with Gasteiger partial charge in [0.15, 0.2) is 5.96 Å². The molecule has 0 saturated heterocycles. The highest BCUT2D eigenvalue weighted by atomic mass is 127. The maximum Gasteiger partial charge on any atom is 0.191 e. The van der Waals surface area contributed by atoms with Gasteiger partial charge in [-0.1, -0.05) is 20.8 Å². The third kappa shape index (κ3) is 11.0. The molecule has 0 spiro atoms. The number of aromatic nitrogens is 1. The van der Waals surface area contributed by atoms with Gasteiger partial charge in [0.1, 0.15) is 5.01 Å². The molecule has 0 radical (unpaired) electrons. The molecule has 6 nitrogen and oxygen atoms in total. The SMILES string of the molecule is CCNC(=NCc1nc(C(C)(C)C)cs1)NCCCOCCOC.I. The van der Waals surface area contributed by atoms with Crippen molar-refractivity contribution >= 4 is 41.3 Å². The summed E-state index contributed by atoms with van der Waals surface area (Å²) in [5, 5.41) is 9.75. The number of guanidine groups is 1. The minimum absolute atomic E-state index is 0. The van der Waals surface area contributed by atoms with Crippen LogP contribution in [0.5, 0.6) is 0 Å². The van der Waals surface area contributed by atoms with Gasteiger partial charge in [0, 0.05) is 37.6 Å². The fourth-order valence-electron chi connectivity index (χ4n) is 1.84. The van der Waals surface area contributed by atoms with Crippen LogP contribution in [0.4, 0.5) is 0 Å². The second-order valence-corrected chi connectivity index (χ2v) is 7.40. The number of halogens is 1. The summed E-state index contributed by atoms with van der Waals surface area (Å²) < 4.78 is 10.4. The average molecular weight is 484 g/mol. The maximum absolute atomic E-state index is 5.45. The topological polar surface area (TPSA) is 67.8 Å².